The minimum Gasteiger partial charge on any atom is -0.497 e. The summed E-state index contributed by atoms with van der Waals surface area (Å²) in [6.45, 7) is 0. The van der Waals surface area contributed by atoms with Crippen molar-refractivity contribution in [1.82, 2.24) is 0 Å². The van der Waals surface area contributed by atoms with Crippen LogP contribution in [0.5, 0.6) is 5.75 Å². The van der Waals surface area contributed by atoms with Crippen LogP contribution in [0.15, 0.2) is 47.1 Å². The second-order valence-electron chi connectivity index (χ2n) is 4.83. The molecule has 1 amide bonds. The number of ether oxygens (including phenoxy) is 1. The molecule has 118 valence electrons. The number of anilines is 1. The van der Waals surface area contributed by atoms with Gasteiger partial charge in [-0.1, -0.05) is 6.07 Å². The number of furan rings is 1. The van der Waals surface area contributed by atoms with E-state index < -0.39 is 17.6 Å². The number of carbonyl (C=O) groups excluding carboxylic acids is 2. The van der Waals surface area contributed by atoms with E-state index in [0.717, 1.165) is 0 Å². The zero-order valence-electron chi connectivity index (χ0n) is 12.6. The number of Topliss-reactive ketones (excluding diaryl/α,β-unsaturated/α-hetero) is 1. The molecule has 1 atom stereocenters. The summed E-state index contributed by atoms with van der Waals surface area (Å²) in [6.07, 6.45) is 1.94. The third kappa shape index (κ3) is 4.45. The Balaban J connectivity index is 1.97. The number of rotatable bonds is 7. The van der Waals surface area contributed by atoms with Crippen LogP contribution < -0.4 is 10.1 Å². The van der Waals surface area contributed by atoms with E-state index >= 15 is 0 Å². The third-order valence-corrected chi connectivity index (χ3v) is 3.25. The van der Waals surface area contributed by atoms with E-state index in [1.807, 2.05) is 0 Å². The Bertz CT molecular complexity index is 716. The summed E-state index contributed by atoms with van der Waals surface area (Å²) in [4.78, 5) is 24.2. The summed E-state index contributed by atoms with van der Waals surface area (Å²) in [5.74, 6) is -1.23. The lowest BCUT2D eigenvalue weighted by Gasteiger charge is -2.10. The van der Waals surface area contributed by atoms with Crippen LogP contribution in [-0.2, 0) is 16.0 Å². The van der Waals surface area contributed by atoms with Crippen LogP contribution in [0.1, 0.15) is 12.2 Å². The Hall–Kier alpha value is -3.07. The maximum atomic E-state index is 12.1. The second kappa shape index (κ2) is 7.80. The topological polar surface area (TPSA) is 92.3 Å². The van der Waals surface area contributed by atoms with Crippen molar-refractivity contribution in [2.24, 2.45) is 5.92 Å². The Morgan fingerprint density at radius 3 is 2.83 bits per heavy atom. The van der Waals surface area contributed by atoms with E-state index in [1.165, 1.54) is 13.4 Å². The standard InChI is InChI=1S/C17H16N2O4/c1-22-14-5-2-4-12(10-14)19-17(21)15(11-18)16(20)8-7-13-6-3-9-23-13/h2-6,9-10,15H,7-8H2,1H3,(H,19,21)/t15-/m1/s1. The lowest BCUT2D eigenvalue weighted by molar-refractivity contribution is -0.128. The van der Waals surface area contributed by atoms with Crippen LogP contribution in [0.2, 0.25) is 0 Å². The van der Waals surface area contributed by atoms with E-state index in [9.17, 15) is 9.59 Å². The Morgan fingerprint density at radius 2 is 2.17 bits per heavy atom. The smallest absolute Gasteiger partial charge is 0.249 e. The lowest BCUT2D eigenvalue weighted by atomic mass is 10.00. The highest BCUT2D eigenvalue weighted by Gasteiger charge is 2.26. The zero-order valence-corrected chi connectivity index (χ0v) is 12.6. The van der Waals surface area contributed by atoms with Crippen molar-refractivity contribution in [3.05, 3.63) is 48.4 Å². The Morgan fingerprint density at radius 1 is 1.35 bits per heavy atom. The number of carbonyl (C=O) groups is 2. The molecule has 6 heteroatoms. The number of nitriles is 1. The number of nitrogens with one attached hydrogen (secondary N) is 1. The number of hydrogen-bond acceptors (Lipinski definition) is 5. The minimum absolute atomic E-state index is 0.0667. The second-order valence-corrected chi connectivity index (χ2v) is 4.83. The maximum Gasteiger partial charge on any atom is 0.249 e. The lowest BCUT2D eigenvalue weighted by Crippen LogP contribution is -2.28. The summed E-state index contributed by atoms with van der Waals surface area (Å²) in [5, 5.41) is 11.7. The summed E-state index contributed by atoms with van der Waals surface area (Å²) >= 11 is 0. The molecular weight excluding hydrogens is 296 g/mol. The molecule has 0 saturated heterocycles. The van der Waals surface area contributed by atoms with E-state index in [-0.39, 0.29) is 6.42 Å². The molecule has 0 aliphatic carbocycles. The van der Waals surface area contributed by atoms with Crippen molar-refractivity contribution in [2.45, 2.75) is 12.8 Å². The number of benzene rings is 1. The van der Waals surface area contributed by atoms with Crippen molar-refractivity contribution in [2.75, 3.05) is 12.4 Å². The number of aryl methyl sites for hydroxylation is 1. The maximum absolute atomic E-state index is 12.1. The first-order chi connectivity index (χ1) is 11.1. The van der Waals surface area contributed by atoms with Gasteiger partial charge in [0.1, 0.15) is 11.5 Å². The van der Waals surface area contributed by atoms with E-state index in [2.05, 4.69) is 5.32 Å². The fraction of sp³-hybridized carbons (Fsp3) is 0.235. The Labute approximate surface area is 133 Å². The number of ketones is 1. The van der Waals surface area contributed by atoms with Gasteiger partial charge in [0.25, 0.3) is 0 Å². The number of methoxy groups -OCH3 is 1. The molecule has 0 unspecified atom stereocenters. The average Bonchev–Trinajstić information content (AvgIpc) is 3.07. The van der Waals surface area contributed by atoms with Crippen molar-refractivity contribution in [3.63, 3.8) is 0 Å². The van der Waals surface area contributed by atoms with Crippen LogP contribution in [0.3, 0.4) is 0 Å². The highest BCUT2D eigenvalue weighted by atomic mass is 16.5. The molecule has 0 aliphatic heterocycles. The number of amides is 1. The molecule has 0 spiro atoms. The van der Waals surface area contributed by atoms with Crippen LogP contribution in [0.25, 0.3) is 0 Å². The van der Waals surface area contributed by atoms with Crippen molar-refractivity contribution >= 4 is 17.4 Å². The van der Waals surface area contributed by atoms with Crippen molar-refractivity contribution < 1.29 is 18.7 Å². The van der Waals surface area contributed by atoms with Gasteiger partial charge in [0, 0.05) is 24.6 Å². The van der Waals surface area contributed by atoms with Crippen LogP contribution in [-0.4, -0.2) is 18.8 Å². The molecule has 1 aromatic carbocycles. The van der Waals surface area contributed by atoms with Crippen molar-refractivity contribution in [1.29, 1.82) is 5.26 Å². The first-order valence-electron chi connectivity index (χ1n) is 7.03. The molecule has 0 saturated carbocycles. The summed E-state index contributed by atoms with van der Waals surface area (Å²) < 4.78 is 10.2. The molecule has 2 rings (SSSR count). The summed E-state index contributed by atoms with van der Waals surface area (Å²) in [7, 11) is 1.51. The van der Waals surface area contributed by atoms with Crippen LogP contribution in [0.4, 0.5) is 5.69 Å². The fourth-order valence-electron chi connectivity index (χ4n) is 2.04. The van der Waals surface area contributed by atoms with Gasteiger partial charge < -0.3 is 14.5 Å². The van der Waals surface area contributed by atoms with E-state index in [1.54, 1.807) is 42.5 Å². The van der Waals surface area contributed by atoms with Gasteiger partial charge in [-0.05, 0) is 24.3 Å². The van der Waals surface area contributed by atoms with Crippen LogP contribution >= 0.6 is 0 Å². The SMILES string of the molecule is COc1cccc(NC(=O)[C@H](C#N)C(=O)CCc2ccco2)c1. The quantitative estimate of drug-likeness (QED) is 0.793. The van der Waals surface area contributed by atoms with E-state index in [4.69, 9.17) is 14.4 Å². The molecule has 6 nitrogen and oxygen atoms in total. The molecule has 23 heavy (non-hydrogen) atoms. The van der Waals surface area contributed by atoms with Gasteiger partial charge in [-0.2, -0.15) is 5.26 Å². The van der Waals surface area contributed by atoms with E-state index in [0.29, 0.717) is 23.6 Å². The number of nitrogens with zero attached hydrogens (tertiary/aromatic N) is 1. The molecule has 0 aliphatic rings. The predicted octanol–water partition coefficient (Wildman–Crippen LogP) is 2.57. The van der Waals surface area contributed by atoms with Gasteiger partial charge in [-0.25, -0.2) is 0 Å². The molecule has 1 N–H and O–H groups in total. The highest BCUT2D eigenvalue weighted by molar-refractivity contribution is 6.09. The fourth-order valence-corrected chi connectivity index (χ4v) is 2.04. The first-order valence-corrected chi connectivity index (χ1v) is 7.03. The molecular formula is C17H16N2O4. The third-order valence-electron chi connectivity index (χ3n) is 3.25. The highest BCUT2D eigenvalue weighted by Crippen LogP contribution is 2.18. The Kier molecular flexibility index (Phi) is 5.53. The zero-order chi connectivity index (χ0) is 16.7. The summed E-state index contributed by atoms with van der Waals surface area (Å²) in [6, 6.07) is 11.9. The average molecular weight is 312 g/mol. The van der Waals surface area contributed by atoms with Gasteiger partial charge in [0.15, 0.2) is 11.7 Å². The van der Waals surface area contributed by atoms with Gasteiger partial charge >= 0.3 is 0 Å². The molecule has 1 aromatic heterocycles. The first kappa shape index (κ1) is 16.3. The molecule has 1 heterocycles. The molecule has 0 bridgehead atoms. The largest absolute Gasteiger partial charge is 0.497 e. The van der Waals surface area contributed by atoms with Gasteiger partial charge in [0.05, 0.1) is 19.4 Å². The normalized spacial score (nSPS) is 11.3. The van der Waals surface area contributed by atoms with Gasteiger partial charge in [-0.3, -0.25) is 9.59 Å². The molecule has 2 aromatic rings. The van der Waals surface area contributed by atoms with Gasteiger partial charge in [0.2, 0.25) is 5.91 Å². The minimum atomic E-state index is -1.35. The van der Waals surface area contributed by atoms with Crippen LogP contribution in [0, 0.1) is 17.2 Å². The van der Waals surface area contributed by atoms with Gasteiger partial charge in [-0.15, -0.1) is 0 Å². The summed E-state index contributed by atoms with van der Waals surface area (Å²) in [5.41, 5.74) is 0.466. The van der Waals surface area contributed by atoms with Crippen molar-refractivity contribution in [3.8, 4) is 11.8 Å². The molecule has 0 fully saturated rings. The monoisotopic (exact) mass is 312 g/mol. The predicted molar refractivity (Wildman–Crippen MR) is 82.8 cm³/mol. The number of hydrogen-bond donors (Lipinski definition) is 1. The molecule has 0 radical (unpaired) electrons.